The van der Waals surface area contributed by atoms with E-state index in [1.807, 2.05) is 0 Å². The molecule has 0 saturated carbocycles. The minimum absolute atomic E-state index is 0.0224. The number of nitrogens with one attached hydrogen (secondary N) is 1. The predicted molar refractivity (Wildman–Crippen MR) is 134 cm³/mol. The second kappa shape index (κ2) is 9.52. The molecule has 1 amide bonds. The monoisotopic (exact) mass is 538 g/mol. The smallest absolute Gasteiger partial charge is 0.321 e. The van der Waals surface area contributed by atoms with E-state index in [1.165, 1.54) is 16.4 Å². The molecule has 1 heterocycles. The lowest BCUT2D eigenvalue weighted by molar-refractivity contribution is -0.137. The molecule has 0 saturated heterocycles. The van der Waals surface area contributed by atoms with Crippen molar-refractivity contribution in [3.63, 3.8) is 0 Å². The Balaban J connectivity index is 1.60. The van der Waals surface area contributed by atoms with Crippen LogP contribution in [-0.2, 0) is 22.7 Å². The van der Waals surface area contributed by atoms with Gasteiger partial charge in [0, 0.05) is 15.4 Å². The van der Waals surface area contributed by atoms with E-state index >= 15 is 0 Å². The molecule has 0 aliphatic carbocycles. The van der Waals surface area contributed by atoms with Crippen LogP contribution in [-0.4, -0.2) is 20.6 Å². The van der Waals surface area contributed by atoms with Crippen LogP contribution in [0.2, 0.25) is 5.02 Å². The Morgan fingerprint density at radius 2 is 1.74 bits per heavy atom. The molecule has 0 spiro atoms. The number of carbonyl (C=O) groups is 1. The number of sulfonamides is 1. The SMILES string of the molecule is CS(=O)(=O)N(Cc1ccc(Cl)cc1)c1ccc2sc(C(=O)Nc3cccc(C(F)(F)F)c3)cc2c1. The summed E-state index contributed by atoms with van der Waals surface area (Å²) in [4.78, 5) is 13.0. The Labute approximate surface area is 208 Å². The van der Waals surface area contributed by atoms with Gasteiger partial charge in [-0.2, -0.15) is 13.2 Å². The van der Waals surface area contributed by atoms with Gasteiger partial charge in [-0.25, -0.2) is 8.42 Å². The van der Waals surface area contributed by atoms with E-state index < -0.39 is 27.7 Å². The lowest BCUT2D eigenvalue weighted by Gasteiger charge is -2.22. The highest BCUT2D eigenvalue weighted by Gasteiger charge is 2.30. The van der Waals surface area contributed by atoms with Crippen molar-refractivity contribution < 1.29 is 26.4 Å². The maximum atomic E-state index is 12.9. The lowest BCUT2D eigenvalue weighted by atomic mass is 10.2. The number of alkyl halides is 3. The number of amides is 1. The van der Waals surface area contributed by atoms with Crippen LogP contribution in [0.3, 0.4) is 0 Å². The van der Waals surface area contributed by atoms with Gasteiger partial charge in [0.1, 0.15) is 0 Å². The van der Waals surface area contributed by atoms with Crippen LogP contribution in [0.1, 0.15) is 20.8 Å². The lowest BCUT2D eigenvalue weighted by Crippen LogP contribution is -2.29. The predicted octanol–water partition coefficient (Wildman–Crippen LogP) is 6.79. The number of nitrogens with zero attached hydrogens (tertiary/aromatic N) is 1. The van der Waals surface area contributed by atoms with Gasteiger partial charge < -0.3 is 5.32 Å². The summed E-state index contributed by atoms with van der Waals surface area (Å²) in [5.74, 6) is -0.562. The van der Waals surface area contributed by atoms with Crippen molar-refractivity contribution in [1.82, 2.24) is 0 Å². The summed E-state index contributed by atoms with van der Waals surface area (Å²) < 4.78 is 65.8. The van der Waals surface area contributed by atoms with Gasteiger partial charge in [0.25, 0.3) is 5.91 Å². The topological polar surface area (TPSA) is 66.5 Å². The molecular formula is C24H18ClF3N2O3S2. The second-order valence-corrected chi connectivity index (χ2v) is 11.2. The molecule has 0 aliphatic heterocycles. The normalized spacial score (nSPS) is 12.0. The number of halogens is 4. The van der Waals surface area contributed by atoms with Crippen LogP contribution in [0.4, 0.5) is 24.5 Å². The van der Waals surface area contributed by atoms with E-state index in [4.69, 9.17) is 11.6 Å². The number of anilines is 2. The molecule has 11 heteroatoms. The Kier molecular flexibility index (Phi) is 6.81. The van der Waals surface area contributed by atoms with Gasteiger partial charge in [-0.3, -0.25) is 9.10 Å². The number of benzene rings is 3. The van der Waals surface area contributed by atoms with Crippen LogP contribution in [0, 0.1) is 0 Å². The van der Waals surface area contributed by atoms with E-state index in [9.17, 15) is 26.4 Å². The molecule has 35 heavy (non-hydrogen) atoms. The second-order valence-electron chi connectivity index (χ2n) is 7.76. The summed E-state index contributed by atoms with van der Waals surface area (Å²) in [6.07, 6.45) is -3.42. The first kappa shape index (κ1) is 25.0. The largest absolute Gasteiger partial charge is 0.416 e. The van der Waals surface area contributed by atoms with Gasteiger partial charge in [-0.15, -0.1) is 11.3 Å². The Morgan fingerprint density at radius 1 is 1.03 bits per heavy atom. The van der Waals surface area contributed by atoms with Gasteiger partial charge in [-0.1, -0.05) is 29.8 Å². The van der Waals surface area contributed by atoms with Crippen molar-refractivity contribution in [2.45, 2.75) is 12.7 Å². The fourth-order valence-corrected chi connectivity index (χ4v) is 5.36. The number of fused-ring (bicyclic) bond motifs is 1. The first-order valence-corrected chi connectivity index (χ1v) is 13.2. The highest BCUT2D eigenvalue weighted by atomic mass is 35.5. The molecule has 1 aromatic heterocycles. The zero-order valence-corrected chi connectivity index (χ0v) is 20.5. The third-order valence-electron chi connectivity index (χ3n) is 5.10. The molecule has 0 fully saturated rings. The standard InChI is InChI=1S/C24H18ClF3N2O3S2/c1-35(32,33)30(14-15-5-7-18(25)8-6-15)20-9-10-21-16(11-20)12-22(34-21)23(31)29-19-4-2-3-17(13-19)24(26,27)28/h2-13H,14H2,1H3,(H,29,31). The fraction of sp³-hybridized carbons (Fsp3) is 0.125. The maximum absolute atomic E-state index is 12.9. The molecular weight excluding hydrogens is 521 g/mol. The quantitative estimate of drug-likeness (QED) is 0.294. The molecule has 4 aromatic rings. The Bertz CT molecular complexity index is 1500. The Hall–Kier alpha value is -3.08. The number of rotatable bonds is 6. The van der Waals surface area contributed by atoms with E-state index in [0.29, 0.717) is 16.1 Å². The van der Waals surface area contributed by atoms with Crippen LogP contribution >= 0.6 is 22.9 Å². The third-order valence-corrected chi connectivity index (χ3v) is 7.61. The molecule has 182 valence electrons. The first-order valence-electron chi connectivity index (χ1n) is 10.1. The van der Waals surface area contributed by atoms with Crippen molar-refractivity contribution >= 4 is 60.3 Å². The molecule has 0 unspecified atom stereocenters. The van der Waals surface area contributed by atoms with Crippen LogP contribution in [0.25, 0.3) is 10.1 Å². The molecule has 0 radical (unpaired) electrons. The third kappa shape index (κ3) is 5.95. The summed E-state index contributed by atoms with van der Waals surface area (Å²) in [6, 6.07) is 17.8. The molecule has 0 aliphatic rings. The summed E-state index contributed by atoms with van der Waals surface area (Å²) in [5.41, 5.74) is 0.316. The van der Waals surface area contributed by atoms with Crippen molar-refractivity contribution in [3.8, 4) is 0 Å². The van der Waals surface area contributed by atoms with Gasteiger partial charge in [0.2, 0.25) is 10.0 Å². The summed E-state index contributed by atoms with van der Waals surface area (Å²) >= 11 is 7.06. The summed E-state index contributed by atoms with van der Waals surface area (Å²) in [6.45, 7) is 0.0918. The average Bonchev–Trinajstić information content (AvgIpc) is 3.21. The summed E-state index contributed by atoms with van der Waals surface area (Å²) in [5, 5.41) is 3.65. The van der Waals surface area contributed by atoms with E-state index in [1.54, 1.807) is 48.5 Å². The molecule has 5 nitrogen and oxygen atoms in total. The highest BCUT2D eigenvalue weighted by molar-refractivity contribution is 7.92. The van der Waals surface area contributed by atoms with Crippen LogP contribution in [0.5, 0.6) is 0 Å². The van der Waals surface area contributed by atoms with Gasteiger partial charge >= 0.3 is 6.18 Å². The van der Waals surface area contributed by atoms with Crippen LogP contribution < -0.4 is 9.62 Å². The van der Waals surface area contributed by atoms with Crippen molar-refractivity contribution in [1.29, 1.82) is 0 Å². The fourth-order valence-electron chi connectivity index (χ4n) is 3.42. The maximum Gasteiger partial charge on any atom is 0.416 e. The summed E-state index contributed by atoms with van der Waals surface area (Å²) in [7, 11) is -3.63. The van der Waals surface area contributed by atoms with Crippen molar-refractivity contribution in [3.05, 3.63) is 93.8 Å². The molecule has 4 rings (SSSR count). The molecule has 0 atom stereocenters. The molecule has 0 bridgehead atoms. The van der Waals surface area contributed by atoms with Gasteiger partial charge in [0.05, 0.1) is 28.9 Å². The average molecular weight is 539 g/mol. The number of carbonyl (C=O) groups excluding carboxylic acids is 1. The minimum atomic E-state index is -4.52. The zero-order chi connectivity index (χ0) is 25.4. The number of hydrogen-bond donors (Lipinski definition) is 1. The van der Waals surface area contributed by atoms with E-state index in [2.05, 4.69) is 5.32 Å². The van der Waals surface area contributed by atoms with Crippen molar-refractivity contribution in [2.24, 2.45) is 0 Å². The minimum Gasteiger partial charge on any atom is -0.321 e. The van der Waals surface area contributed by atoms with E-state index in [0.717, 1.165) is 40.0 Å². The van der Waals surface area contributed by atoms with E-state index in [-0.39, 0.29) is 17.1 Å². The molecule has 1 N–H and O–H groups in total. The zero-order valence-electron chi connectivity index (χ0n) is 18.1. The first-order chi connectivity index (χ1) is 16.4. The van der Waals surface area contributed by atoms with Crippen LogP contribution in [0.15, 0.2) is 72.8 Å². The van der Waals surface area contributed by atoms with Crippen molar-refractivity contribution in [2.75, 3.05) is 15.9 Å². The number of hydrogen-bond acceptors (Lipinski definition) is 4. The van der Waals surface area contributed by atoms with Gasteiger partial charge in [-0.05, 0) is 65.5 Å². The number of thiophene rings is 1. The Morgan fingerprint density at radius 3 is 2.40 bits per heavy atom. The van der Waals surface area contributed by atoms with Gasteiger partial charge in [0.15, 0.2) is 0 Å². The molecule has 3 aromatic carbocycles. The highest BCUT2D eigenvalue weighted by Crippen LogP contribution is 2.33.